The maximum atomic E-state index is 13.9. The molecule has 2 aromatic carbocycles. The molecule has 1 unspecified atom stereocenters. The van der Waals surface area contributed by atoms with E-state index in [0.29, 0.717) is 54.2 Å². The van der Waals surface area contributed by atoms with E-state index >= 15 is 0 Å². The van der Waals surface area contributed by atoms with E-state index < -0.39 is 6.04 Å². The van der Waals surface area contributed by atoms with Crippen LogP contribution in [0.3, 0.4) is 0 Å². The fraction of sp³-hybridized carbons (Fsp3) is 0.484. The van der Waals surface area contributed by atoms with E-state index in [-0.39, 0.29) is 23.2 Å². The lowest BCUT2D eigenvalue weighted by Crippen LogP contribution is -2.31. The Morgan fingerprint density at radius 2 is 1.79 bits per heavy atom. The van der Waals surface area contributed by atoms with Crippen LogP contribution >= 0.6 is 0 Å². The van der Waals surface area contributed by atoms with Gasteiger partial charge in [0.2, 0.25) is 5.76 Å². The summed E-state index contributed by atoms with van der Waals surface area (Å²) in [6.07, 6.45) is 3.91. The molecule has 1 aliphatic rings. The minimum absolute atomic E-state index is 0.103. The standard InChI is InChI=1S/C31H39NO6/c1-7-8-9-14-37-24-12-11-22(18-25(24)35-6)27-26-28(33)23-17-20(4)16-21(5)29(23)38-30(26)31(34)32(27)13-10-15-36-19(2)3/h11-12,16-19,27H,7-10,13-15H2,1-6H3. The minimum Gasteiger partial charge on any atom is -0.493 e. The van der Waals surface area contributed by atoms with Gasteiger partial charge in [0.25, 0.3) is 5.91 Å². The lowest BCUT2D eigenvalue weighted by molar-refractivity contribution is 0.0593. The number of hydrogen-bond acceptors (Lipinski definition) is 6. The van der Waals surface area contributed by atoms with Crippen LogP contribution in [0.25, 0.3) is 11.0 Å². The van der Waals surface area contributed by atoms with Crippen LogP contribution < -0.4 is 14.9 Å². The molecule has 0 radical (unpaired) electrons. The summed E-state index contributed by atoms with van der Waals surface area (Å²) >= 11 is 0. The summed E-state index contributed by atoms with van der Waals surface area (Å²) in [4.78, 5) is 29.3. The first-order valence-corrected chi connectivity index (χ1v) is 13.6. The number of carbonyl (C=O) groups is 1. The Kier molecular flexibility index (Phi) is 8.77. The second-order valence-corrected chi connectivity index (χ2v) is 10.3. The Hall–Kier alpha value is -3.32. The zero-order chi connectivity index (χ0) is 27.4. The van der Waals surface area contributed by atoms with Gasteiger partial charge in [0, 0.05) is 13.2 Å². The fourth-order valence-corrected chi connectivity index (χ4v) is 5.11. The fourth-order valence-electron chi connectivity index (χ4n) is 5.11. The van der Waals surface area contributed by atoms with E-state index in [4.69, 9.17) is 18.6 Å². The van der Waals surface area contributed by atoms with Crippen molar-refractivity contribution in [3.05, 3.63) is 68.6 Å². The molecule has 3 aromatic rings. The molecule has 0 saturated heterocycles. The van der Waals surface area contributed by atoms with E-state index in [9.17, 15) is 9.59 Å². The Morgan fingerprint density at radius 1 is 1.00 bits per heavy atom. The highest BCUT2D eigenvalue weighted by Crippen LogP contribution is 2.41. The van der Waals surface area contributed by atoms with E-state index in [2.05, 4.69) is 6.92 Å². The maximum Gasteiger partial charge on any atom is 0.290 e. The van der Waals surface area contributed by atoms with Gasteiger partial charge in [-0.25, -0.2) is 0 Å². The number of carbonyl (C=O) groups excluding carboxylic acids is 1. The van der Waals surface area contributed by atoms with Gasteiger partial charge >= 0.3 is 0 Å². The van der Waals surface area contributed by atoms with Crippen LogP contribution in [0.4, 0.5) is 0 Å². The Bertz CT molecular complexity index is 1360. The summed E-state index contributed by atoms with van der Waals surface area (Å²) in [6.45, 7) is 11.5. The van der Waals surface area contributed by atoms with Crippen LogP contribution in [-0.4, -0.2) is 43.8 Å². The molecule has 4 rings (SSSR count). The van der Waals surface area contributed by atoms with Crippen LogP contribution in [0.2, 0.25) is 0 Å². The SMILES string of the molecule is CCCCCOc1ccc(C2c3c(oc4c(C)cc(C)cc4c3=O)C(=O)N2CCCOC(C)C)cc1OC. The molecule has 1 aliphatic heterocycles. The molecule has 0 bridgehead atoms. The third-order valence-electron chi connectivity index (χ3n) is 6.90. The van der Waals surface area contributed by atoms with Crippen LogP contribution in [-0.2, 0) is 4.74 Å². The Morgan fingerprint density at radius 3 is 2.50 bits per heavy atom. The molecule has 1 aromatic heterocycles. The maximum absolute atomic E-state index is 13.9. The molecule has 38 heavy (non-hydrogen) atoms. The monoisotopic (exact) mass is 521 g/mol. The molecule has 204 valence electrons. The average molecular weight is 522 g/mol. The van der Waals surface area contributed by atoms with Crippen molar-refractivity contribution < 1.29 is 23.4 Å². The van der Waals surface area contributed by atoms with Crippen molar-refractivity contribution in [3.8, 4) is 11.5 Å². The van der Waals surface area contributed by atoms with Gasteiger partial charge in [-0.15, -0.1) is 0 Å². The predicted octanol–water partition coefficient (Wildman–Crippen LogP) is 6.35. The van der Waals surface area contributed by atoms with E-state index in [1.165, 1.54) is 0 Å². The van der Waals surface area contributed by atoms with Gasteiger partial charge in [0.15, 0.2) is 16.9 Å². The van der Waals surface area contributed by atoms with Crippen LogP contribution in [0, 0.1) is 13.8 Å². The second kappa shape index (κ2) is 12.0. The van der Waals surface area contributed by atoms with Gasteiger partial charge in [-0.3, -0.25) is 9.59 Å². The summed E-state index contributed by atoms with van der Waals surface area (Å²) in [7, 11) is 1.60. The highest BCUT2D eigenvalue weighted by atomic mass is 16.5. The third-order valence-corrected chi connectivity index (χ3v) is 6.90. The number of ether oxygens (including phenoxy) is 3. The largest absolute Gasteiger partial charge is 0.493 e. The molecular weight excluding hydrogens is 482 g/mol. The quantitative estimate of drug-likeness (QED) is 0.259. The molecule has 0 N–H and O–H groups in total. The van der Waals surface area contributed by atoms with Gasteiger partial charge in [-0.2, -0.15) is 0 Å². The molecule has 0 fully saturated rings. The predicted molar refractivity (Wildman–Crippen MR) is 149 cm³/mol. The normalized spacial score (nSPS) is 15.0. The van der Waals surface area contributed by atoms with Crippen molar-refractivity contribution in [2.75, 3.05) is 26.9 Å². The van der Waals surface area contributed by atoms with Crippen molar-refractivity contribution in [1.82, 2.24) is 4.90 Å². The van der Waals surface area contributed by atoms with Gasteiger partial charge in [-0.05, 0) is 75.4 Å². The summed E-state index contributed by atoms with van der Waals surface area (Å²) < 4.78 is 23.5. The summed E-state index contributed by atoms with van der Waals surface area (Å²) in [5.74, 6) is 1.04. The molecule has 1 amide bonds. The van der Waals surface area contributed by atoms with E-state index in [0.717, 1.165) is 36.0 Å². The minimum atomic E-state index is -0.596. The van der Waals surface area contributed by atoms with Gasteiger partial charge in [0.05, 0.1) is 36.8 Å². The first-order valence-electron chi connectivity index (χ1n) is 13.6. The van der Waals surface area contributed by atoms with Gasteiger partial charge in [-0.1, -0.05) is 31.9 Å². The average Bonchev–Trinajstić information content (AvgIpc) is 3.16. The summed E-state index contributed by atoms with van der Waals surface area (Å²) in [5, 5.41) is 0.492. The van der Waals surface area contributed by atoms with Crippen LogP contribution in [0.15, 0.2) is 39.5 Å². The van der Waals surface area contributed by atoms with Crippen molar-refractivity contribution in [3.63, 3.8) is 0 Å². The number of aryl methyl sites for hydroxylation is 2. The number of amides is 1. The summed E-state index contributed by atoms with van der Waals surface area (Å²) in [5.41, 5.74) is 3.24. The van der Waals surface area contributed by atoms with E-state index in [1.807, 2.05) is 58.0 Å². The Balaban J connectivity index is 1.78. The van der Waals surface area contributed by atoms with Crippen LogP contribution in [0.5, 0.6) is 11.5 Å². The van der Waals surface area contributed by atoms with Gasteiger partial charge in [0.1, 0.15) is 5.58 Å². The van der Waals surface area contributed by atoms with Crippen LogP contribution in [0.1, 0.15) is 85.3 Å². The molecule has 7 heteroatoms. The molecule has 7 nitrogen and oxygen atoms in total. The van der Waals surface area contributed by atoms with Crippen molar-refractivity contribution >= 4 is 16.9 Å². The molecule has 0 aliphatic carbocycles. The number of hydrogen-bond donors (Lipinski definition) is 0. The number of rotatable bonds is 12. The number of nitrogens with zero attached hydrogens (tertiary/aromatic N) is 1. The van der Waals surface area contributed by atoms with Gasteiger partial charge < -0.3 is 23.5 Å². The molecular formula is C31H39NO6. The number of benzene rings is 2. The third kappa shape index (κ3) is 5.58. The topological polar surface area (TPSA) is 78.2 Å². The highest BCUT2D eigenvalue weighted by molar-refractivity contribution is 5.99. The molecule has 0 saturated carbocycles. The molecule has 1 atom stereocenters. The second-order valence-electron chi connectivity index (χ2n) is 10.3. The molecule has 2 heterocycles. The first kappa shape index (κ1) is 27.7. The molecule has 0 spiro atoms. The van der Waals surface area contributed by atoms with Crippen molar-refractivity contribution in [2.24, 2.45) is 0 Å². The summed E-state index contributed by atoms with van der Waals surface area (Å²) in [6, 6.07) is 8.83. The zero-order valence-electron chi connectivity index (χ0n) is 23.4. The van der Waals surface area contributed by atoms with Crippen molar-refractivity contribution in [1.29, 1.82) is 0 Å². The Labute approximate surface area is 224 Å². The lowest BCUT2D eigenvalue weighted by Gasteiger charge is -2.26. The first-order chi connectivity index (χ1) is 18.3. The smallest absolute Gasteiger partial charge is 0.290 e. The van der Waals surface area contributed by atoms with Crippen molar-refractivity contribution in [2.45, 2.75) is 72.4 Å². The number of fused-ring (bicyclic) bond motifs is 2. The van der Waals surface area contributed by atoms with E-state index in [1.54, 1.807) is 12.0 Å². The lowest BCUT2D eigenvalue weighted by atomic mass is 9.97. The highest BCUT2D eigenvalue weighted by Gasteiger charge is 2.42. The number of unbranched alkanes of at least 4 members (excludes halogenated alkanes) is 2. The number of methoxy groups -OCH3 is 1. The zero-order valence-corrected chi connectivity index (χ0v) is 23.4.